The summed E-state index contributed by atoms with van der Waals surface area (Å²) in [6.45, 7) is 1.75. The first-order valence-electron chi connectivity index (χ1n) is 7.61. The maximum Gasteiger partial charge on any atom is 0.247 e. The summed E-state index contributed by atoms with van der Waals surface area (Å²) >= 11 is 0. The van der Waals surface area contributed by atoms with E-state index in [4.69, 9.17) is 4.42 Å². The number of carbonyl (C=O) groups is 1. The third kappa shape index (κ3) is 3.48. The van der Waals surface area contributed by atoms with Crippen LogP contribution in [0.3, 0.4) is 0 Å². The molecule has 1 heterocycles. The van der Waals surface area contributed by atoms with E-state index in [0.29, 0.717) is 17.9 Å². The molecule has 0 unspecified atom stereocenters. The van der Waals surface area contributed by atoms with E-state index in [9.17, 15) is 9.18 Å². The Morgan fingerprint density at radius 2 is 1.83 bits per heavy atom. The molecule has 0 aliphatic carbocycles. The van der Waals surface area contributed by atoms with Crippen molar-refractivity contribution in [3.05, 3.63) is 71.9 Å². The number of benzene rings is 2. The Morgan fingerprint density at radius 3 is 2.50 bits per heavy atom. The number of halogens is 1. The molecule has 0 spiro atoms. The number of carbonyl (C=O) groups excluding carboxylic acids is 1. The Bertz CT molecular complexity index is 816. The number of nitrogens with zero attached hydrogens (tertiary/aromatic N) is 2. The average Bonchev–Trinajstić information content (AvgIpc) is 3.11. The Kier molecular flexibility index (Phi) is 4.65. The van der Waals surface area contributed by atoms with E-state index in [2.05, 4.69) is 15.5 Å². The van der Waals surface area contributed by atoms with Crippen molar-refractivity contribution >= 4 is 5.91 Å². The van der Waals surface area contributed by atoms with E-state index in [-0.39, 0.29) is 17.6 Å². The van der Waals surface area contributed by atoms with Crippen molar-refractivity contribution in [1.82, 2.24) is 15.5 Å². The molecule has 0 saturated carbocycles. The van der Waals surface area contributed by atoms with Gasteiger partial charge in [-0.1, -0.05) is 37.3 Å². The van der Waals surface area contributed by atoms with Gasteiger partial charge in [0.05, 0.1) is 0 Å². The van der Waals surface area contributed by atoms with Crippen molar-refractivity contribution in [3.63, 3.8) is 0 Å². The number of hydrogen-bond acceptors (Lipinski definition) is 4. The molecule has 24 heavy (non-hydrogen) atoms. The second-order valence-electron chi connectivity index (χ2n) is 5.22. The lowest BCUT2D eigenvalue weighted by Crippen LogP contribution is -2.28. The molecule has 5 nitrogen and oxygen atoms in total. The van der Waals surface area contributed by atoms with Crippen LogP contribution in [-0.2, 0) is 4.79 Å². The lowest BCUT2D eigenvalue weighted by Gasteiger charge is -2.15. The predicted molar refractivity (Wildman–Crippen MR) is 86.4 cm³/mol. The molecule has 3 aromatic rings. The minimum absolute atomic E-state index is 0.163. The zero-order valence-electron chi connectivity index (χ0n) is 13.1. The summed E-state index contributed by atoms with van der Waals surface area (Å²) in [4.78, 5) is 11.8. The molecule has 0 fully saturated rings. The van der Waals surface area contributed by atoms with Crippen LogP contribution in [0.15, 0.2) is 59.0 Å². The van der Waals surface area contributed by atoms with Crippen LogP contribution in [0.2, 0.25) is 0 Å². The van der Waals surface area contributed by atoms with Crippen molar-refractivity contribution in [2.75, 3.05) is 0 Å². The molecule has 0 saturated heterocycles. The quantitative estimate of drug-likeness (QED) is 0.779. The van der Waals surface area contributed by atoms with Gasteiger partial charge in [0.25, 0.3) is 0 Å². The highest BCUT2D eigenvalue weighted by molar-refractivity contribution is 5.76. The fourth-order valence-electron chi connectivity index (χ4n) is 2.25. The summed E-state index contributed by atoms with van der Waals surface area (Å²) in [6, 6.07) is 14.6. The number of amides is 1. The van der Waals surface area contributed by atoms with Gasteiger partial charge in [0.2, 0.25) is 17.7 Å². The van der Waals surface area contributed by atoms with Crippen molar-refractivity contribution in [1.29, 1.82) is 0 Å². The Balaban J connectivity index is 1.95. The predicted octanol–water partition coefficient (Wildman–Crippen LogP) is 3.49. The second-order valence-corrected chi connectivity index (χ2v) is 5.22. The van der Waals surface area contributed by atoms with Crippen LogP contribution in [0, 0.1) is 5.82 Å². The first kappa shape index (κ1) is 15.9. The average molecular weight is 325 g/mol. The lowest BCUT2D eigenvalue weighted by atomic mass is 10.1. The lowest BCUT2D eigenvalue weighted by molar-refractivity contribution is -0.121. The topological polar surface area (TPSA) is 68.0 Å². The Labute approximate surface area is 138 Å². The number of hydrogen-bond donors (Lipinski definition) is 1. The fraction of sp³-hybridized carbons (Fsp3) is 0.167. The number of aromatic nitrogens is 2. The van der Waals surface area contributed by atoms with Crippen LogP contribution in [0.4, 0.5) is 4.39 Å². The molecule has 0 radical (unpaired) electrons. The molecule has 1 atom stereocenters. The molecule has 0 aliphatic heterocycles. The van der Waals surface area contributed by atoms with Crippen molar-refractivity contribution < 1.29 is 13.6 Å². The minimum atomic E-state index is -0.622. The highest BCUT2D eigenvalue weighted by Crippen LogP contribution is 2.25. The van der Waals surface area contributed by atoms with E-state index >= 15 is 0 Å². The van der Waals surface area contributed by atoms with Gasteiger partial charge in [0.15, 0.2) is 0 Å². The molecule has 6 heteroatoms. The highest BCUT2D eigenvalue weighted by Gasteiger charge is 2.23. The van der Waals surface area contributed by atoms with Gasteiger partial charge in [-0.25, -0.2) is 4.39 Å². The van der Waals surface area contributed by atoms with Crippen molar-refractivity contribution in [3.8, 4) is 11.5 Å². The van der Waals surface area contributed by atoms with Gasteiger partial charge in [-0.2, -0.15) is 0 Å². The largest absolute Gasteiger partial charge is 0.418 e. The normalized spacial score (nSPS) is 11.9. The van der Waals surface area contributed by atoms with Gasteiger partial charge in [0, 0.05) is 12.0 Å². The maximum atomic E-state index is 13.2. The molecule has 1 N–H and O–H groups in total. The summed E-state index contributed by atoms with van der Waals surface area (Å²) in [6.07, 6.45) is 0.317. The first-order chi connectivity index (χ1) is 11.7. The third-order valence-corrected chi connectivity index (χ3v) is 3.54. The standard InChI is InChI=1S/C18H16FN3O2/c1-2-15(23)20-16(12-8-10-14(19)11-9-12)18-22-21-17(24-18)13-6-4-3-5-7-13/h3-11,16H,2H2,1H3,(H,20,23)/t16-/m1/s1. The van der Waals surface area contributed by atoms with Gasteiger partial charge in [0.1, 0.15) is 11.9 Å². The molecule has 122 valence electrons. The molecule has 3 rings (SSSR count). The number of nitrogens with one attached hydrogen (secondary N) is 1. The Morgan fingerprint density at radius 1 is 1.12 bits per heavy atom. The van der Waals surface area contributed by atoms with Gasteiger partial charge in [-0.3, -0.25) is 4.79 Å². The van der Waals surface area contributed by atoms with Gasteiger partial charge >= 0.3 is 0 Å². The molecule has 1 aromatic heterocycles. The monoisotopic (exact) mass is 325 g/mol. The zero-order valence-corrected chi connectivity index (χ0v) is 13.1. The smallest absolute Gasteiger partial charge is 0.247 e. The molecule has 1 amide bonds. The SMILES string of the molecule is CCC(=O)N[C@H](c1ccc(F)cc1)c1nnc(-c2ccccc2)o1. The summed E-state index contributed by atoms with van der Waals surface area (Å²) in [7, 11) is 0. The Hall–Kier alpha value is -3.02. The van der Waals surface area contributed by atoms with Crippen molar-refractivity contribution in [2.45, 2.75) is 19.4 Å². The van der Waals surface area contributed by atoms with Crippen LogP contribution < -0.4 is 5.32 Å². The first-order valence-corrected chi connectivity index (χ1v) is 7.61. The van der Waals surface area contributed by atoms with Gasteiger partial charge < -0.3 is 9.73 Å². The van der Waals surface area contributed by atoms with Crippen LogP contribution >= 0.6 is 0 Å². The highest BCUT2D eigenvalue weighted by atomic mass is 19.1. The van der Waals surface area contributed by atoms with Crippen LogP contribution in [0.25, 0.3) is 11.5 Å². The van der Waals surface area contributed by atoms with E-state index in [1.54, 1.807) is 19.1 Å². The summed E-state index contributed by atoms with van der Waals surface area (Å²) in [5, 5.41) is 10.9. The molecule has 0 aliphatic rings. The molecular formula is C18H16FN3O2. The van der Waals surface area contributed by atoms with Gasteiger partial charge in [-0.05, 0) is 29.8 Å². The van der Waals surface area contributed by atoms with Crippen LogP contribution in [0.5, 0.6) is 0 Å². The zero-order chi connectivity index (χ0) is 16.9. The van der Waals surface area contributed by atoms with E-state index in [1.165, 1.54) is 12.1 Å². The van der Waals surface area contributed by atoms with E-state index in [0.717, 1.165) is 5.56 Å². The molecular weight excluding hydrogens is 309 g/mol. The molecule has 0 bridgehead atoms. The molecule has 2 aromatic carbocycles. The second kappa shape index (κ2) is 7.04. The summed E-state index contributed by atoms with van der Waals surface area (Å²) in [5.41, 5.74) is 1.46. The van der Waals surface area contributed by atoms with E-state index < -0.39 is 6.04 Å². The fourth-order valence-corrected chi connectivity index (χ4v) is 2.25. The van der Waals surface area contributed by atoms with Crippen LogP contribution in [-0.4, -0.2) is 16.1 Å². The maximum absolute atomic E-state index is 13.2. The van der Waals surface area contributed by atoms with Crippen LogP contribution in [0.1, 0.15) is 30.8 Å². The summed E-state index contributed by atoms with van der Waals surface area (Å²) < 4.78 is 18.9. The third-order valence-electron chi connectivity index (χ3n) is 3.54. The summed E-state index contributed by atoms with van der Waals surface area (Å²) in [5.74, 6) is 0.101. The van der Waals surface area contributed by atoms with Gasteiger partial charge in [-0.15, -0.1) is 10.2 Å². The minimum Gasteiger partial charge on any atom is -0.418 e. The van der Waals surface area contributed by atoms with E-state index in [1.807, 2.05) is 30.3 Å². The number of rotatable bonds is 5. The van der Waals surface area contributed by atoms with Crippen molar-refractivity contribution in [2.24, 2.45) is 0 Å².